The Hall–Kier alpha value is -4.46. The fourth-order valence-electron chi connectivity index (χ4n) is 5.01. The number of amides is 2. The van der Waals surface area contributed by atoms with Crippen molar-refractivity contribution in [1.82, 2.24) is 15.5 Å². The summed E-state index contributed by atoms with van der Waals surface area (Å²) in [6, 6.07) is 18.0. The van der Waals surface area contributed by atoms with E-state index in [1.165, 1.54) is 18.2 Å². The van der Waals surface area contributed by atoms with Gasteiger partial charge in [-0.2, -0.15) is 5.10 Å². The van der Waals surface area contributed by atoms with Gasteiger partial charge in [-0.1, -0.05) is 43.2 Å². The molecule has 8 heteroatoms. The largest absolute Gasteiger partial charge is 0.507 e. The number of hydrogen-bond acceptors (Lipinski definition) is 4. The number of carbonyl (C=O) groups is 2. The van der Waals surface area contributed by atoms with Gasteiger partial charge in [-0.05, 0) is 67.3 Å². The monoisotopic (exact) mass is 512 g/mol. The van der Waals surface area contributed by atoms with E-state index in [2.05, 4.69) is 20.8 Å². The highest BCUT2D eigenvalue weighted by atomic mass is 19.1. The first-order valence-corrected chi connectivity index (χ1v) is 12.7. The Morgan fingerprint density at radius 3 is 2.50 bits per heavy atom. The molecule has 0 saturated heterocycles. The number of aromatic amines is 1. The summed E-state index contributed by atoms with van der Waals surface area (Å²) in [5.41, 5.74) is 4.53. The van der Waals surface area contributed by atoms with Crippen molar-refractivity contribution in [1.29, 1.82) is 0 Å². The molecule has 0 radical (unpaired) electrons. The van der Waals surface area contributed by atoms with Crippen molar-refractivity contribution in [2.24, 2.45) is 0 Å². The van der Waals surface area contributed by atoms with Crippen LogP contribution >= 0.6 is 0 Å². The molecule has 0 bridgehead atoms. The van der Waals surface area contributed by atoms with Gasteiger partial charge in [0.15, 0.2) is 5.69 Å². The average Bonchev–Trinajstić information content (AvgIpc) is 3.60. The maximum Gasteiger partial charge on any atom is 0.272 e. The number of halogens is 1. The lowest BCUT2D eigenvalue weighted by atomic mass is 9.93. The smallest absolute Gasteiger partial charge is 0.272 e. The van der Waals surface area contributed by atoms with Crippen LogP contribution in [0.15, 0.2) is 66.7 Å². The Kier molecular flexibility index (Phi) is 7.22. The first-order valence-electron chi connectivity index (χ1n) is 12.7. The summed E-state index contributed by atoms with van der Waals surface area (Å²) in [4.78, 5) is 26.2. The van der Waals surface area contributed by atoms with Gasteiger partial charge in [-0.25, -0.2) is 4.39 Å². The zero-order valence-electron chi connectivity index (χ0n) is 21.1. The van der Waals surface area contributed by atoms with Crippen molar-refractivity contribution >= 4 is 17.5 Å². The first-order chi connectivity index (χ1) is 18.4. The van der Waals surface area contributed by atoms with Crippen molar-refractivity contribution < 1.29 is 19.1 Å². The third kappa shape index (κ3) is 5.29. The number of phenolic OH excluding ortho intramolecular Hbond substituents is 1. The fourth-order valence-corrected chi connectivity index (χ4v) is 5.01. The number of carbonyl (C=O) groups excluding carboxylic acids is 2. The number of rotatable bonds is 7. The van der Waals surface area contributed by atoms with Crippen molar-refractivity contribution in [3.8, 4) is 16.9 Å². The lowest BCUT2D eigenvalue weighted by molar-refractivity contribution is 0.0945. The van der Waals surface area contributed by atoms with Crippen LogP contribution in [-0.4, -0.2) is 27.1 Å². The fraction of sp³-hybridized carbons (Fsp3) is 0.233. The van der Waals surface area contributed by atoms with Crippen LogP contribution < -0.4 is 10.6 Å². The molecule has 1 aromatic heterocycles. The van der Waals surface area contributed by atoms with Crippen LogP contribution in [0.4, 0.5) is 10.1 Å². The molecule has 7 nitrogen and oxygen atoms in total. The van der Waals surface area contributed by atoms with Gasteiger partial charge in [0.2, 0.25) is 0 Å². The summed E-state index contributed by atoms with van der Waals surface area (Å²) in [6.07, 6.45) is 4.06. The van der Waals surface area contributed by atoms with Gasteiger partial charge in [0.05, 0.1) is 0 Å². The number of nitrogens with zero attached hydrogens (tertiary/aromatic N) is 1. The second-order valence-electron chi connectivity index (χ2n) is 9.65. The van der Waals surface area contributed by atoms with E-state index in [1.54, 1.807) is 36.4 Å². The highest BCUT2D eigenvalue weighted by Crippen LogP contribution is 2.42. The van der Waals surface area contributed by atoms with Crippen molar-refractivity contribution in [2.45, 2.75) is 45.1 Å². The zero-order chi connectivity index (χ0) is 26.6. The molecular weight excluding hydrogens is 483 g/mol. The quantitative estimate of drug-likeness (QED) is 0.226. The van der Waals surface area contributed by atoms with E-state index in [0.717, 1.165) is 42.5 Å². The van der Waals surface area contributed by atoms with Crippen LogP contribution in [0.1, 0.15) is 69.3 Å². The van der Waals surface area contributed by atoms with E-state index in [9.17, 15) is 19.1 Å². The third-order valence-electron chi connectivity index (χ3n) is 7.05. The highest BCUT2D eigenvalue weighted by molar-refractivity contribution is 6.06. The van der Waals surface area contributed by atoms with Crippen LogP contribution in [0.25, 0.3) is 11.1 Å². The molecule has 0 atom stereocenters. The Labute approximate surface area is 220 Å². The minimum absolute atomic E-state index is 0.0212. The van der Waals surface area contributed by atoms with Crippen LogP contribution in [-0.2, 0) is 6.54 Å². The summed E-state index contributed by atoms with van der Waals surface area (Å²) >= 11 is 0. The molecule has 0 aliphatic heterocycles. The highest BCUT2D eigenvalue weighted by Gasteiger charge is 2.29. The number of nitrogens with one attached hydrogen (secondary N) is 3. The predicted octanol–water partition coefficient (Wildman–Crippen LogP) is 6.07. The molecular formula is C30H29FN4O3. The van der Waals surface area contributed by atoms with Gasteiger partial charge in [0, 0.05) is 40.5 Å². The molecule has 4 N–H and O–H groups in total. The predicted molar refractivity (Wildman–Crippen MR) is 144 cm³/mol. The van der Waals surface area contributed by atoms with E-state index in [4.69, 9.17) is 0 Å². The van der Waals surface area contributed by atoms with Gasteiger partial charge in [-0.15, -0.1) is 0 Å². The van der Waals surface area contributed by atoms with Crippen LogP contribution in [0.3, 0.4) is 0 Å². The molecule has 4 aromatic rings. The number of aryl methyl sites for hydroxylation is 1. The summed E-state index contributed by atoms with van der Waals surface area (Å²) in [7, 11) is 0. The lowest BCUT2D eigenvalue weighted by Gasteiger charge is -2.15. The standard InChI is InChI=1S/C30H29FN4O3/c1-18-6-2-5-9-23(18)29(37)33-22-14-15-25(36)24(16-22)26-27(20-7-3-4-8-20)34-35-28(26)30(38)32-17-19-10-12-21(31)13-11-19/h2,5-6,9-16,20,36H,3-4,7-8,17H2,1H3,(H,32,38)(H,33,37)(H,34,35). The van der Waals surface area contributed by atoms with E-state index >= 15 is 0 Å². The molecule has 1 fully saturated rings. The second-order valence-corrected chi connectivity index (χ2v) is 9.65. The normalized spacial score (nSPS) is 13.4. The molecule has 1 aliphatic carbocycles. The molecule has 2 amide bonds. The van der Waals surface area contributed by atoms with E-state index in [-0.39, 0.29) is 35.6 Å². The van der Waals surface area contributed by atoms with Crippen LogP contribution in [0.2, 0.25) is 0 Å². The topological polar surface area (TPSA) is 107 Å². The van der Waals surface area contributed by atoms with E-state index in [0.29, 0.717) is 22.4 Å². The van der Waals surface area contributed by atoms with Crippen molar-refractivity contribution in [3.63, 3.8) is 0 Å². The number of H-pyrrole nitrogens is 1. The number of benzene rings is 3. The minimum Gasteiger partial charge on any atom is -0.507 e. The molecule has 1 heterocycles. The van der Waals surface area contributed by atoms with Gasteiger partial charge in [-0.3, -0.25) is 14.7 Å². The SMILES string of the molecule is Cc1ccccc1C(=O)Nc1ccc(O)c(-c2c(C(=O)NCc3ccc(F)cc3)n[nH]c2C2CCCC2)c1. The molecule has 1 aliphatic rings. The number of phenols is 1. The number of anilines is 1. The molecule has 3 aromatic carbocycles. The Morgan fingerprint density at radius 2 is 1.76 bits per heavy atom. The Bertz CT molecular complexity index is 1470. The van der Waals surface area contributed by atoms with Gasteiger partial charge >= 0.3 is 0 Å². The Balaban J connectivity index is 1.48. The number of aromatic nitrogens is 2. The summed E-state index contributed by atoms with van der Waals surface area (Å²) in [5, 5.41) is 24.1. The first kappa shape index (κ1) is 25.2. The van der Waals surface area contributed by atoms with Gasteiger partial charge < -0.3 is 15.7 Å². The van der Waals surface area contributed by atoms with Gasteiger partial charge in [0.1, 0.15) is 11.6 Å². The van der Waals surface area contributed by atoms with Crippen LogP contribution in [0, 0.1) is 12.7 Å². The van der Waals surface area contributed by atoms with Crippen molar-refractivity contribution in [2.75, 3.05) is 5.32 Å². The third-order valence-corrected chi connectivity index (χ3v) is 7.05. The lowest BCUT2D eigenvalue weighted by Crippen LogP contribution is -2.24. The average molecular weight is 513 g/mol. The molecule has 0 unspecified atom stereocenters. The van der Waals surface area contributed by atoms with Gasteiger partial charge in [0.25, 0.3) is 11.8 Å². The number of aromatic hydroxyl groups is 1. The molecule has 194 valence electrons. The summed E-state index contributed by atoms with van der Waals surface area (Å²) < 4.78 is 13.3. The van der Waals surface area contributed by atoms with Crippen LogP contribution in [0.5, 0.6) is 5.75 Å². The van der Waals surface area contributed by atoms with E-state index < -0.39 is 5.91 Å². The summed E-state index contributed by atoms with van der Waals surface area (Å²) in [5.74, 6) is -0.868. The summed E-state index contributed by atoms with van der Waals surface area (Å²) in [6.45, 7) is 2.07. The Morgan fingerprint density at radius 1 is 1.03 bits per heavy atom. The zero-order valence-corrected chi connectivity index (χ0v) is 21.1. The minimum atomic E-state index is -0.418. The maximum atomic E-state index is 13.3. The molecule has 5 rings (SSSR count). The molecule has 38 heavy (non-hydrogen) atoms. The molecule has 1 saturated carbocycles. The van der Waals surface area contributed by atoms with Crippen molar-refractivity contribution in [3.05, 3.63) is 101 Å². The second kappa shape index (κ2) is 10.9. The maximum absolute atomic E-state index is 13.3. The van der Waals surface area contributed by atoms with E-state index in [1.807, 2.05) is 19.1 Å². The number of hydrogen-bond donors (Lipinski definition) is 4. The molecule has 0 spiro atoms.